The molecule has 0 heteroatoms. The van der Waals surface area contributed by atoms with E-state index in [0.717, 1.165) is 0 Å². The van der Waals surface area contributed by atoms with Gasteiger partial charge in [0.2, 0.25) is 0 Å². The number of rotatable bonds is 3. The van der Waals surface area contributed by atoms with Crippen LogP contribution >= 0.6 is 0 Å². The topological polar surface area (TPSA) is 0 Å². The second-order valence-electron chi connectivity index (χ2n) is 3.20. The number of allylic oxidation sites excluding steroid dienone is 7. The third-order valence-electron chi connectivity index (χ3n) is 2.06. The quantitative estimate of drug-likeness (QED) is 0.449. The second kappa shape index (κ2) is 7.17. The molecule has 0 N–H and O–H groups in total. The molecule has 0 atom stereocenters. The monoisotopic (exact) mass is 188 g/mol. The van der Waals surface area contributed by atoms with Crippen LogP contribution in [0.3, 0.4) is 0 Å². The Labute approximate surface area is 88.0 Å². The van der Waals surface area contributed by atoms with Gasteiger partial charge in [0.25, 0.3) is 0 Å². The Morgan fingerprint density at radius 3 is 2.07 bits per heavy atom. The van der Waals surface area contributed by atoms with Gasteiger partial charge < -0.3 is 0 Å². The molecule has 0 bridgehead atoms. The van der Waals surface area contributed by atoms with E-state index in [-0.39, 0.29) is 0 Å². The lowest BCUT2D eigenvalue weighted by molar-refractivity contribution is 1.35. The molecule has 0 saturated carbocycles. The van der Waals surface area contributed by atoms with Crippen molar-refractivity contribution in [2.24, 2.45) is 0 Å². The minimum Gasteiger partial charge on any atom is -0.125 e. The van der Waals surface area contributed by atoms with Gasteiger partial charge in [-0.15, -0.1) is 5.73 Å². The third kappa shape index (κ3) is 4.69. The lowest BCUT2D eigenvalue weighted by Gasteiger charge is -2.01. The highest BCUT2D eigenvalue weighted by atomic mass is 14.0. The first-order valence-electron chi connectivity index (χ1n) is 5.00. The Morgan fingerprint density at radius 1 is 1.00 bits per heavy atom. The van der Waals surface area contributed by atoms with E-state index in [4.69, 9.17) is 0 Å². The third-order valence-corrected chi connectivity index (χ3v) is 2.06. The van der Waals surface area contributed by atoms with Crippen molar-refractivity contribution >= 4 is 0 Å². The lowest BCUT2D eigenvalue weighted by Crippen LogP contribution is -1.81. The van der Waals surface area contributed by atoms with Gasteiger partial charge in [0.05, 0.1) is 0 Å². The molecule has 0 unspecified atom stereocenters. The fraction of sp³-hybridized carbons (Fsp3) is 0.357. The normalized spacial score (nSPS) is 13.6. The zero-order chi connectivity index (χ0) is 11.0. The molecule has 76 valence electrons. The van der Waals surface area contributed by atoms with Crippen molar-refractivity contribution in [3.8, 4) is 0 Å². The van der Waals surface area contributed by atoms with Crippen LogP contribution in [0.15, 0.2) is 52.8 Å². The average Bonchev–Trinajstić information content (AvgIpc) is 2.21. The van der Waals surface area contributed by atoms with Gasteiger partial charge in [-0.1, -0.05) is 18.2 Å². The summed E-state index contributed by atoms with van der Waals surface area (Å²) in [5.74, 6) is 0. The van der Waals surface area contributed by atoms with Gasteiger partial charge in [-0.25, -0.2) is 0 Å². The predicted octanol–water partition coefficient (Wildman–Crippen LogP) is 4.58. The summed E-state index contributed by atoms with van der Waals surface area (Å²) in [7, 11) is 0. The molecule has 0 aliphatic rings. The molecule has 0 aromatic carbocycles. The largest absolute Gasteiger partial charge is 0.125 e. The van der Waals surface area contributed by atoms with E-state index < -0.39 is 0 Å². The summed E-state index contributed by atoms with van der Waals surface area (Å²) in [5, 5.41) is 0. The first kappa shape index (κ1) is 12.7. The molecule has 0 nitrogen and oxygen atoms in total. The van der Waals surface area contributed by atoms with Crippen LogP contribution in [0, 0.1) is 0 Å². The van der Waals surface area contributed by atoms with Crippen molar-refractivity contribution in [2.75, 3.05) is 0 Å². The summed E-state index contributed by atoms with van der Waals surface area (Å²) in [6.45, 7) is 10.3. The number of hydrogen-bond donors (Lipinski definition) is 0. The van der Waals surface area contributed by atoms with Gasteiger partial charge >= 0.3 is 0 Å². The Bertz CT molecular complexity index is 316. The van der Waals surface area contributed by atoms with Crippen molar-refractivity contribution in [3.05, 3.63) is 52.8 Å². The molecule has 0 saturated heterocycles. The first-order valence-corrected chi connectivity index (χ1v) is 5.00. The molecule has 14 heavy (non-hydrogen) atoms. The molecule has 0 fully saturated rings. The van der Waals surface area contributed by atoms with Crippen molar-refractivity contribution in [1.29, 1.82) is 0 Å². The maximum absolute atomic E-state index is 3.07. The maximum atomic E-state index is 3.07. The summed E-state index contributed by atoms with van der Waals surface area (Å²) in [5.41, 5.74) is 6.87. The van der Waals surface area contributed by atoms with Crippen molar-refractivity contribution in [3.63, 3.8) is 0 Å². The van der Waals surface area contributed by atoms with E-state index in [2.05, 4.69) is 51.7 Å². The molecule has 0 radical (unpaired) electrons. The SMILES string of the molecule is CC=C=C\C(C)=C/C(=C/C)C(/C)=C\C. The molecular formula is C14H20. The van der Waals surface area contributed by atoms with Gasteiger partial charge in [0.15, 0.2) is 0 Å². The van der Waals surface area contributed by atoms with Crippen LogP contribution < -0.4 is 0 Å². The van der Waals surface area contributed by atoms with E-state index >= 15 is 0 Å². The van der Waals surface area contributed by atoms with Crippen LogP contribution in [-0.2, 0) is 0 Å². The fourth-order valence-corrected chi connectivity index (χ4v) is 1.09. The lowest BCUT2D eigenvalue weighted by atomic mass is 10.0. The van der Waals surface area contributed by atoms with Gasteiger partial charge in [-0.05, 0) is 63.5 Å². The molecule has 0 amide bonds. The Hall–Kier alpha value is -1.26. The predicted molar refractivity (Wildman–Crippen MR) is 65.3 cm³/mol. The highest BCUT2D eigenvalue weighted by Gasteiger charge is 1.93. The van der Waals surface area contributed by atoms with Crippen molar-refractivity contribution in [1.82, 2.24) is 0 Å². The highest BCUT2D eigenvalue weighted by molar-refractivity contribution is 5.41. The first-order chi connectivity index (χ1) is 6.65. The van der Waals surface area contributed by atoms with Gasteiger partial charge in [0, 0.05) is 0 Å². The minimum atomic E-state index is 1.22. The average molecular weight is 188 g/mol. The standard InChI is InChI=1S/C14H20/c1-6-9-10-12(4)11-14(8-3)13(5)7-2/h6-8,10-11H,1-5H3/b12-11-,13-7-,14-8-. The van der Waals surface area contributed by atoms with E-state index in [1.807, 2.05) is 19.1 Å². The smallest absolute Gasteiger partial charge is 0.0174 e. The van der Waals surface area contributed by atoms with Crippen LogP contribution in [0.4, 0.5) is 0 Å². The van der Waals surface area contributed by atoms with Gasteiger partial charge in [-0.3, -0.25) is 0 Å². The highest BCUT2D eigenvalue weighted by Crippen LogP contribution is 2.13. The van der Waals surface area contributed by atoms with Crippen molar-refractivity contribution < 1.29 is 0 Å². The summed E-state index contributed by atoms with van der Waals surface area (Å²) in [6, 6.07) is 0. The molecule has 0 aromatic heterocycles. The molecule has 0 rings (SSSR count). The number of hydrogen-bond acceptors (Lipinski definition) is 0. The fourth-order valence-electron chi connectivity index (χ4n) is 1.09. The van der Waals surface area contributed by atoms with E-state index in [1.165, 1.54) is 16.7 Å². The second-order valence-corrected chi connectivity index (χ2v) is 3.20. The van der Waals surface area contributed by atoms with Gasteiger partial charge in [-0.2, -0.15) is 0 Å². The molecule has 0 aliphatic heterocycles. The van der Waals surface area contributed by atoms with E-state index in [9.17, 15) is 0 Å². The van der Waals surface area contributed by atoms with E-state index in [1.54, 1.807) is 0 Å². The summed E-state index contributed by atoms with van der Waals surface area (Å²) in [6.07, 6.45) is 10.3. The Balaban J connectivity index is 4.87. The van der Waals surface area contributed by atoms with Crippen LogP contribution in [-0.4, -0.2) is 0 Å². The van der Waals surface area contributed by atoms with Crippen molar-refractivity contribution in [2.45, 2.75) is 34.6 Å². The summed E-state index contributed by atoms with van der Waals surface area (Å²) < 4.78 is 0. The molecule has 0 spiro atoms. The van der Waals surface area contributed by atoms with Crippen LogP contribution in [0.2, 0.25) is 0 Å². The Morgan fingerprint density at radius 2 is 1.64 bits per heavy atom. The Kier molecular flexibility index (Phi) is 6.53. The van der Waals surface area contributed by atoms with Crippen LogP contribution in [0.25, 0.3) is 0 Å². The summed E-state index contributed by atoms with van der Waals surface area (Å²) in [4.78, 5) is 0. The zero-order valence-corrected chi connectivity index (χ0v) is 9.89. The zero-order valence-electron chi connectivity index (χ0n) is 9.89. The minimum absolute atomic E-state index is 1.22. The van der Waals surface area contributed by atoms with Gasteiger partial charge in [0.1, 0.15) is 0 Å². The van der Waals surface area contributed by atoms with Crippen LogP contribution in [0.5, 0.6) is 0 Å². The van der Waals surface area contributed by atoms with Crippen LogP contribution in [0.1, 0.15) is 34.6 Å². The molecule has 0 aliphatic carbocycles. The maximum Gasteiger partial charge on any atom is -0.0174 e. The molecular weight excluding hydrogens is 168 g/mol. The summed E-state index contributed by atoms with van der Waals surface area (Å²) >= 11 is 0. The molecule has 0 heterocycles. The van der Waals surface area contributed by atoms with E-state index in [0.29, 0.717) is 0 Å². The molecule has 0 aromatic rings.